The topological polar surface area (TPSA) is 113 Å². The number of carbonyl (C=O) groups excluding carboxylic acids is 1. The van der Waals surface area contributed by atoms with Gasteiger partial charge in [0.15, 0.2) is 0 Å². The lowest BCUT2D eigenvalue weighted by Gasteiger charge is -2.24. The molecule has 1 fully saturated rings. The summed E-state index contributed by atoms with van der Waals surface area (Å²) in [7, 11) is -7.51. The summed E-state index contributed by atoms with van der Waals surface area (Å²) in [6.07, 6.45) is 1.73. The first-order valence-electron chi connectivity index (χ1n) is 13.7. The fourth-order valence-corrected chi connectivity index (χ4v) is 7.45. The predicted octanol–water partition coefficient (Wildman–Crippen LogP) is 4.29. The third-order valence-electron chi connectivity index (χ3n) is 6.96. The summed E-state index contributed by atoms with van der Waals surface area (Å²) in [5, 5.41) is 2.72. The second-order valence-electron chi connectivity index (χ2n) is 10.4. The minimum atomic E-state index is -4.01. The third-order valence-corrected chi connectivity index (χ3v) is 10.7. The van der Waals surface area contributed by atoms with Gasteiger partial charge < -0.3 is 10.1 Å². The van der Waals surface area contributed by atoms with Crippen molar-refractivity contribution in [2.24, 2.45) is 0 Å². The van der Waals surface area contributed by atoms with E-state index in [4.69, 9.17) is 4.74 Å². The van der Waals surface area contributed by atoms with Gasteiger partial charge in [0.05, 0.1) is 22.0 Å². The number of benzene rings is 3. The molecule has 1 N–H and O–H groups in total. The summed E-state index contributed by atoms with van der Waals surface area (Å²) < 4.78 is 60.8. The highest BCUT2D eigenvalue weighted by Crippen LogP contribution is 2.26. The van der Waals surface area contributed by atoms with Crippen LogP contribution in [-0.2, 0) is 24.8 Å². The van der Waals surface area contributed by atoms with Crippen LogP contribution in [0.5, 0.6) is 5.75 Å². The van der Waals surface area contributed by atoms with Crippen LogP contribution in [0.2, 0.25) is 0 Å². The molecule has 9 nitrogen and oxygen atoms in total. The number of rotatable bonds is 12. The summed E-state index contributed by atoms with van der Waals surface area (Å²) in [6.45, 7) is 6.90. The van der Waals surface area contributed by atoms with Crippen LogP contribution in [0.1, 0.15) is 43.7 Å². The number of anilines is 1. The first-order chi connectivity index (χ1) is 19.5. The number of sulfonamides is 2. The lowest BCUT2D eigenvalue weighted by Crippen LogP contribution is -2.41. The van der Waals surface area contributed by atoms with Crippen molar-refractivity contribution in [2.45, 2.75) is 49.3 Å². The monoisotopic (exact) mass is 599 g/mol. The summed E-state index contributed by atoms with van der Waals surface area (Å²) in [5.74, 6) is 0.262. The Hall–Kier alpha value is -3.41. The number of hydrogen-bond acceptors (Lipinski definition) is 6. The number of ether oxygens (including phenoxy) is 1. The van der Waals surface area contributed by atoms with Crippen molar-refractivity contribution >= 4 is 31.6 Å². The lowest BCUT2D eigenvalue weighted by atomic mass is 10.0. The van der Waals surface area contributed by atoms with Gasteiger partial charge in [0.2, 0.25) is 15.9 Å². The van der Waals surface area contributed by atoms with Crippen LogP contribution in [0.4, 0.5) is 5.69 Å². The molecule has 3 aromatic rings. The van der Waals surface area contributed by atoms with E-state index in [2.05, 4.69) is 19.2 Å². The minimum Gasteiger partial charge on any atom is -0.492 e. The minimum absolute atomic E-state index is 0.0994. The average Bonchev–Trinajstić information content (AvgIpc) is 3.51. The van der Waals surface area contributed by atoms with Crippen LogP contribution >= 0.6 is 0 Å². The molecular formula is C30H37N3O6S2. The first kappa shape index (κ1) is 30.5. The number of amides is 1. The van der Waals surface area contributed by atoms with Crippen molar-refractivity contribution in [1.82, 2.24) is 9.62 Å². The summed E-state index contributed by atoms with van der Waals surface area (Å²) in [6, 6.07) is 19.9. The van der Waals surface area contributed by atoms with Crippen LogP contribution in [0.3, 0.4) is 0 Å². The molecule has 1 saturated heterocycles. The maximum absolute atomic E-state index is 13.6. The Kier molecular flexibility index (Phi) is 9.72. The molecule has 0 atom stereocenters. The normalized spacial score (nSPS) is 14.2. The van der Waals surface area contributed by atoms with Crippen LogP contribution < -0.4 is 14.4 Å². The van der Waals surface area contributed by atoms with Crippen LogP contribution in [0.15, 0.2) is 82.6 Å². The first-order valence-corrected chi connectivity index (χ1v) is 16.6. The zero-order valence-electron chi connectivity index (χ0n) is 23.6. The highest BCUT2D eigenvalue weighted by Gasteiger charge is 2.28. The predicted molar refractivity (Wildman–Crippen MR) is 159 cm³/mol. The molecule has 0 radical (unpaired) electrons. The summed E-state index contributed by atoms with van der Waals surface area (Å²) in [4.78, 5) is 13.2. The van der Waals surface area contributed by atoms with Gasteiger partial charge in [-0.05, 0) is 79.8 Å². The molecule has 220 valence electrons. The fourth-order valence-electron chi connectivity index (χ4n) is 4.51. The smallest absolute Gasteiger partial charge is 0.264 e. The van der Waals surface area contributed by atoms with E-state index in [1.807, 2.05) is 19.1 Å². The Bertz CT molecular complexity index is 1530. The van der Waals surface area contributed by atoms with E-state index in [1.54, 1.807) is 36.4 Å². The van der Waals surface area contributed by atoms with E-state index in [-0.39, 0.29) is 28.9 Å². The lowest BCUT2D eigenvalue weighted by molar-refractivity contribution is -0.119. The molecule has 0 aliphatic carbocycles. The SMILES string of the molecule is Cc1ccc(S(=O)(=O)N(CC(=O)NCCOc2ccc(S(=O)(=O)N3CCCC3)cc2)c2ccc(C(C)C)cc2)cc1. The number of hydrogen-bond donors (Lipinski definition) is 1. The number of aryl methyl sites for hydroxylation is 1. The molecule has 1 amide bonds. The highest BCUT2D eigenvalue weighted by molar-refractivity contribution is 7.92. The molecule has 4 rings (SSSR count). The van der Waals surface area contributed by atoms with Gasteiger partial charge in [0.1, 0.15) is 18.9 Å². The molecule has 0 spiro atoms. The van der Waals surface area contributed by atoms with E-state index in [1.165, 1.54) is 28.6 Å². The number of nitrogens with one attached hydrogen (secondary N) is 1. The van der Waals surface area contributed by atoms with Gasteiger partial charge in [-0.1, -0.05) is 43.7 Å². The molecular weight excluding hydrogens is 562 g/mol. The third kappa shape index (κ3) is 7.46. The molecule has 1 aliphatic heterocycles. The van der Waals surface area contributed by atoms with Crippen molar-refractivity contribution < 1.29 is 26.4 Å². The van der Waals surface area contributed by atoms with Gasteiger partial charge >= 0.3 is 0 Å². The Morgan fingerprint density at radius 1 is 0.878 bits per heavy atom. The van der Waals surface area contributed by atoms with Gasteiger partial charge in [-0.3, -0.25) is 9.10 Å². The molecule has 0 saturated carbocycles. The number of carbonyl (C=O) groups is 1. The van der Waals surface area contributed by atoms with Gasteiger partial charge in [-0.25, -0.2) is 16.8 Å². The Balaban J connectivity index is 1.38. The highest BCUT2D eigenvalue weighted by atomic mass is 32.2. The van der Waals surface area contributed by atoms with Crippen LogP contribution in [0, 0.1) is 6.92 Å². The molecule has 11 heteroatoms. The number of nitrogens with zero attached hydrogens (tertiary/aromatic N) is 2. The molecule has 1 heterocycles. The van der Waals surface area contributed by atoms with Gasteiger partial charge in [0, 0.05) is 13.1 Å². The standard InChI is InChI=1S/C30H37N3O6S2/c1-23(2)25-8-10-26(11-9-25)33(41(37,38)29-14-6-24(3)7-15-29)22-30(34)31-18-21-39-27-12-16-28(17-13-27)40(35,36)32-19-4-5-20-32/h6-17,23H,4-5,18-22H2,1-3H3,(H,31,34). The summed E-state index contributed by atoms with van der Waals surface area (Å²) in [5.41, 5.74) is 2.38. The second kappa shape index (κ2) is 13.1. The second-order valence-corrected chi connectivity index (χ2v) is 14.2. The van der Waals surface area contributed by atoms with Crippen LogP contribution in [0.25, 0.3) is 0 Å². The molecule has 41 heavy (non-hydrogen) atoms. The van der Waals surface area contributed by atoms with Crippen molar-refractivity contribution in [1.29, 1.82) is 0 Å². The van der Waals surface area contributed by atoms with Gasteiger partial charge in [-0.2, -0.15) is 4.31 Å². The fraction of sp³-hybridized carbons (Fsp3) is 0.367. The zero-order valence-corrected chi connectivity index (χ0v) is 25.2. The molecule has 3 aromatic carbocycles. The Morgan fingerprint density at radius 3 is 2.05 bits per heavy atom. The molecule has 1 aliphatic rings. The Morgan fingerprint density at radius 2 is 1.46 bits per heavy atom. The van der Waals surface area contributed by atoms with Crippen molar-refractivity contribution in [2.75, 3.05) is 37.1 Å². The maximum Gasteiger partial charge on any atom is 0.264 e. The quantitative estimate of drug-likeness (QED) is 0.311. The Labute approximate surface area is 243 Å². The molecule has 0 aromatic heterocycles. The molecule has 0 bridgehead atoms. The average molecular weight is 600 g/mol. The van der Waals surface area contributed by atoms with Gasteiger partial charge in [-0.15, -0.1) is 0 Å². The van der Waals surface area contributed by atoms with Crippen LogP contribution in [-0.4, -0.2) is 59.8 Å². The molecule has 0 unspecified atom stereocenters. The van der Waals surface area contributed by atoms with E-state index in [0.29, 0.717) is 24.5 Å². The maximum atomic E-state index is 13.6. The summed E-state index contributed by atoms with van der Waals surface area (Å²) >= 11 is 0. The van der Waals surface area contributed by atoms with E-state index < -0.39 is 32.5 Å². The van der Waals surface area contributed by atoms with Crippen molar-refractivity contribution in [3.8, 4) is 5.75 Å². The van der Waals surface area contributed by atoms with Crippen molar-refractivity contribution in [3.63, 3.8) is 0 Å². The van der Waals surface area contributed by atoms with E-state index >= 15 is 0 Å². The zero-order chi connectivity index (χ0) is 29.6. The van der Waals surface area contributed by atoms with Gasteiger partial charge in [0.25, 0.3) is 10.0 Å². The van der Waals surface area contributed by atoms with Crippen molar-refractivity contribution in [3.05, 3.63) is 83.9 Å². The van der Waals surface area contributed by atoms with E-state index in [9.17, 15) is 21.6 Å². The largest absolute Gasteiger partial charge is 0.492 e. The van der Waals surface area contributed by atoms with E-state index in [0.717, 1.165) is 28.3 Å².